The maximum absolute atomic E-state index is 13.1. The lowest BCUT2D eigenvalue weighted by atomic mass is 10.1. The Morgan fingerprint density at radius 2 is 1.75 bits per heavy atom. The Morgan fingerprint density at radius 3 is 2.41 bits per heavy atom. The van der Waals surface area contributed by atoms with Crippen molar-refractivity contribution in [1.82, 2.24) is 14.9 Å². The van der Waals surface area contributed by atoms with Crippen LogP contribution in [0.1, 0.15) is 10.4 Å². The quantitative estimate of drug-likeness (QED) is 0.609. The molecule has 2 heterocycles. The van der Waals surface area contributed by atoms with Crippen LogP contribution in [0.25, 0.3) is 0 Å². The number of benzene rings is 2. The van der Waals surface area contributed by atoms with Crippen molar-refractivity contribution in [3.8, 4) is 0 Å². The fraction of sp³-hybridized carbons (Fsp3) is 0.190. The van der Waals surface area contributed by atoms with E-state index in [1.807, 2.05) is 4.90 Å². The average molecular weight is 476 g/mol. The number of piperazine rings is 1. The molecule has 0 unspecified atom stereocenters. The molecule has 1 aliphatic heterocycles. The van der Waals surface area contributed by atoms with Gasteiger partial charge in [-0.3, -0.25) is 14.5 Å². The van der Waals surface area contributed by atoms with Crippen LogP contribution >= 0.6 is 11.6 Å². The molecule has 1 saturated heterocycles. The van der Waals surface area contributed by atoms with E-state index < -0.39 is 15.8 Å². The lowest BCUT2D eigenvalue weighted by Gasteiger charge is -2.35. The van der Waals surface area contributed by atoms with Gasteiger partial charge >= 0.3 is 0 Å². The molecule has 1 N–H and O–H groups in total. The lowest BCUT2D eigenvalue weighted by Crippen LogP contribution is -2.49. The topological polar surface area (TPSA) is 95.5 Å². The summed E-state index contributed by atoms with van der Waals surface area (Å²) >= 11 is 6.16. The van der Waals surface area contributed by atoms with E-state index in [1.165, 1.54) is 12.1 Å². The van der Waals surface area contributed by atoms with E-state index in [-0.39, 0.29) is 21.5 Å². The SMILES string of the molecule is O=C(c1ccc(Cl)c(NS(=O)(=O)c2ccc(F)cc2)c1)N1CCN(c2cnccn2)CC1. The van der Waals surface area contributed by atoms with E-state index in [4.69, 9.17) is 11.6 Å². The first-order valence-corrected chi connectivity index (χ1v) is 11.6. The molecule has 8 nitrogen and oxygen atoms in total. The van der Waals surface area contributed by atoms with E-state index in [0.717, 1.165) is 30.1 Å². The molecule has 11 heteroatoms. The van der Waals surface area contributed by atoms with Crippen molar-refractivity contribution >= 4 is 39.0 Å². The lowest BCUT2D eigenvalue weighted by molar-refractivity contribution is 0.0746. The van der Waals surface area contributed by atoms with Crippen LogP contribution in [0, 0.1) is 5.82 Å². The second-order valence-electron chi connectivity index (χ2n) is 7.10. The zero-order valence-corrected chi connectivity index (χ0v) is 18.4. The number of carbonyl (C=O) groups excluding carboxylic acids is 1. The van der Waals surface area contributed by atoms with E-state index in [1.54, 1.807) is 29.6 Å². The molecule has 3 aromatic rings. The molecule has 1 aromatic heterocycles. The predicted molar refractivity (Wildman–Crippen MR) is 119 cm³/mol. The van der Waals surface area contributed by atoms with E-state index >= 15 is 0 Å². The molecule has 0 atom stereocenters. The van der Waals surface area contributed by atoms with Gasteiger partial charge in [0.05, 0.1) is 21.8 Å². The van der Waals surface area contributed by atoms with Gasteiger partial charge in [0.15, 0.2) is 0 Å². The highest BCUT2D eigenvalue weighted by molar-refractivity contribution is 7.92. The Labute approximate surface area is 189 Å². The predicted octanol–water partition coefficient (Wildman–Crippen LogP) is 3.03. The number of aromatic nitrogens is 2. The fourth-order valence-electron chi connectivity index (χ4n) is 3.33. The number of halogens is 2. The maximum atomic E-state index is 13.1. The van der Waals surface area contributed by atoms with Crippen LogP contribution in [0.5, 0.6) is 0 Å². The van der Waals surface area contributed by atoms with Crippen LogP contribution in [0.2, 0.25) is 5.02 Å². The van der Waals surface area contributed by atoms with Gasteiger partial charge in [0.25, 0.3) is 15.9 Å². The summed E-state index contributed by atoms with van der Waals surface area (Å²) < 4.78 is 40.7. The molecule has 1 aliphatic rings. The highest BCUT2D eigenvalue weighted by Gasteiger charge is 2.24. The third kappa shape index (κ3) is 4.81. The molecule has 4 rings (SSSR count). The van der Waals surface area contributed by atoms with Crippen LogP contribution < -0.4 is 9.62 Å². The molecular weight excluding hydrogens is 457 g/mol. The summed E-state index contributed by atoms with van der Waals surface area (Å²) in [4.78, 5) is 24.9. The number of sulfonamides is 1. The number of anilines is 2. The first-order chi connectivity index (χ1) is 15.3. The first-order valence-electron chi connectivity index (χ1n) is 9.72. The van der Waals surface area contributed by atoms with Crippen molar-refractivity contribution in [2.45, 2.75) is 4.90 Å². The fourth-order valence-corrected chi connectivity index (χ4v) is 4.62. The van der Waals surface area contributed by atoms with Gasteiger partial charge < -0.3 is 9.80 Å². The molecule has 0 saturated carbocycles. The van der Waals surface area contributed by atoms with Crippen LogP contribution in [0.3, 0.4) is 0 Å². The van der Waals surface area contributed by atoms with Crippen molar-refractivity contribution in [1.29, 1.82) is 0 Å². The Balaban J connectivity index is 1.47. The zero-order valence-electron chi connectivity index (χ0n) is 16.8. The minimum Gasteiger partial charge on any atom is -0.352 e. The summed E-state index contributed by atoms with van der Waals surface area (Å²) in [5.74, 6) is -0.0275. The van der Waals surface area contributed by atoms with Gasteiger partial charge in [-0.15, -0.1) is 0 Å². The number of rotatable bonds is 5. The van der Waals surface area contributed by atoms with Gasteiger partial charge in [-0.1, -0.05) is 11.6 Å². The van der Waals surface area contributed by atoms with E-state index in [9.17, 15) is 17.6 Å². The van der Waals surface area contributed by atoms with Gasteiger partial charge in [-0.25, -0.2) is 17.8 Å². The summed E-state index contributed by atoms with van der Waals surface area (Å²) in [5, 5.41) is 0.139. The average Bonchev–Trinajstić information content (AvgIpc) is 2.81. The molecule has 0 bridgehead atoms. The van der Waals surface area contributed by atoms with Crippen molar-refractivity contribution < 1.29 is 17.6 Å². The summed E-state index contributed by atoms with van der Waals surface area (Å²) in [5.41, 5.74) is 0.374. The van der Waals surface area contributed by atoms with Gasteiger partial charge in [0.2, 0.25) is 0 Å². The van der Waals surface area contributed by atoms with Crippen molar-refractivity contribution in [2.24, 2.45) is 0 Å². The van der Waals surface area contributed by atoms with Crippen LogP contribution in [-0.4, -0.2) is 55.4 Å². The largest absolute Gasteiger partial charge is 0.352 e. The van der Waals surface area contributed by atoms with Crippen LogP contribution in [-0.2, 0) is 10.0 Å². The monoisotopic (exact) mass is 475 g/mol. The number of hydrogen-bond donors (Lipinski definition) is 1. The third-order valence-corrected chi connectivity index (χ3v) is 6.73. The standard InChI is InChI=1S/C21H19ClFN5O3S/c22-18-6-1-15(13-19(18)26-32(30,31)17-4-2-16(23)3-5-17)21(29)28-11-9-27(10-12-28)20-14-24-7-8-25-20/h1-8,13-14,26H,9-12H2. The third-order valence-electron chi connectivity index (χ3n) is 5.02. The molecule has 0 radical (unpaired) electrons. The molecule has 0 spiro atoms. The summed E-state index contributed by atoms with van der Waals surface area (Å²) in [6.07, 6.45) is 4.90. The number of amides is 1. The van der Waals surface area contributed by atoms with Crippen LogP contribution in [0.4, 0.5) is 15.9 Å². The van der Waals surface area contributed by atoms with E-state index in [0.29, 0.717) is 31.7 Å². The van der Waals surface area contributed by atoms with Crippen LogP contribution in [0.15, 0.2) is 66.0 Å². The Hall–Kier alpha value is -3.24. The number of carbonyl (C=O) groups is 1. The van der Waals surface area contributed by atoms with Gasteiger partial charge in [-0.2, -0.15) is 0 Å². The van der Waals surface area contributed by atoms with Gasteiger partial charge in [0, 0.05) is 44.1 Å². The summed E-state index contributed by atoms with van der Waals surface area (Å²) in [6.45, 7) is 2.16. The molecule has 0 aliphatic carbocycles. The number of hydrogen-bond acceptors (Lipinski definition) is 6. The second-order valence-corrected chi connectivity index (χ2v) is 9.19. The number of nitrogens with zero attached hydrogens (tertiary/aromatic N) is 4. The van der Waals surface area contributed by atoms with Crippen molar-refractivity contribution in [3.05, 3.63) is 77.5 Å². The Bertz CT molecular complexity index is 1220. The van der Waals surface area contributed by atoms with Gasteiger partial charge in [0.1, 0.15) is 11.6 Å². The first kappa shape index (κ1) is 22.0. The second kappa shape index (κ2) is 9.09. The molecule has 32 heavy (non-hydrogen) atoms. The van der Waals surface area contributed by atoms with Crippen molar-refractivity contribution in [2.75, 3.05) is 35.8 Å². The molecule has 1 fully saturated rings. The summed E-state index contributed by atoms with van der Waals surface area (Å²) in [7, 11) is -4.00. The maximum Gasteiger partial charge on any atom is 0.261 e. The molecular formula is C21H19ClFN5O3S. The highest BCUT2D eigenvalue weighted by atomic mass is 35.5. The van der Waals surface area contributed by atoms with Crippen molar-refractivity contribution in [3.63, 3.8) is 0 Å². The Morgan fingerprint density at radius 1 is 1.03 bits per heavy atom. The minimum absolute atomic E-state index is 0.0695. The summed E-state index contributed by atoms with van der Waals surface area (Å²) in [6, 6.07) is 8.82. The highest BCUT2D eigenvalue weighted by Crippen LogP contribution is 2.27. The zero-order chi connectivity index (χ0) is 22.7. The normalized spacial score (nSPS) is 14.3. The molecule has 166 valence electrons. The molecule has 1 amide bonds. The minimum atomic E-state index is -4.00. The van der Waals surface area contributed by atoms with E-state index in [2.05, 4.69) is 14.7 Å². The Kier molecular flexibility index (Phi) is 6.24. The smallest absolute Gasteiger partial charge is 0.261 e. The molecule has 2 aromatic carbocycles. The van der Waals surface area contributed by atoms with Gasteiger partial charge in [-0.05, 0) is 42.5 Å². The number of nitrogens with one attached hydrogen (secondary N) is 1.